The van der Waals surface area contributed by atoms with E-state index in [1.807, 2.05) is 27.7 Å². The molecule has 112 valence electrons. The van der Waals surface area contributed by atoms with Crippen LogP contribution in [0.1, 0.15) is 59.6 Å². The third-order valence-corrected chi connectivity index (χ3v) is 4.49. The number of Topliss-reactive ketones (excluding diaryl/α,β-unsaturated/α-hetero) is 1. The van der Waals surface area contributed by atoms with Crippen LogP contribution in [0.15, 0.2) is 24.3 Å². The van der Waals surface area contributed by atoms with E-state index in [4.69, 9.17) is 5.73 Å². The van der Waals surface area contributed by atoms with E-state index in [1.54, 1.807) is 0 Å². The van der Waals surface area contributed by atoms with Gasteiger partial charge < -0.3 is 5.73 Å². The fourth-order valence-corrected chi connectivity index (χ4v) is 1.89. The topological polar surface area (TPSA) is 43.1 Å². The van der Waals surface area contributed by atoms with Gasteiger partial charge >= 0.3 is 0 Å². The minimum absolute atomic E-state index is 0.140. The van der Waals surface area contributed by atoms with E-state index >= 15 is 0 Å². The van der Waals surface area contributed by atoms with Crippen LogP contribution in [0.2, 0.25) is 0 Å². The molecule has 0 spiro atoms. The number of rotatable bonds is 4. The van der Waals surface area contributed by atoms with Gasteiger partial charge in [-0.05, 0) is 30.4 Å². The molecule has 0 saturated heterocycles. The summed E-state index contributed by atoms with van der Waals surface area (Å²) in [4.78, 5) is 12.5. The van der Waals surface area contributed by atoms with Crippen molar-refractivity contribution >= 4 is 5.78 Å². The van der Waals surface area contributed by atoms with Gasteiger partial charge in [-0.1, -0.05) is 58.9 Å². The highest BCUT2D eigenvalue weighted by Gasteiger charge is 2.39. The van der Waals surface area contributed by atoms with Gasteiger partial charge in [-0.25, -0.2) is 0 Å². The van der Waals surface area contributed by atoms with Crippen molar-refractivity contribution in [1.29, 1.82) is 0 Å². The molecular weight excluding hydrogens is 246 g/mol. The molecule has 0 aliphatic heterocycles. The lowest BCUT2D eigenvalue weighted by molar-refractivity contribution is -0.129. The Morgan fingerprint density at radius 3 is 1.75 bits per heavy atom. The molecule has 20 heavy (non-hydrogen) atoms. The van der Waals surface area contributed by atoms with Gasteiger partial charge in [0.1, 0.15) is 5.78 Å². The summed E-state index contributed by atoms with van der Waals surface area (Å²) in [7, 11) is 0. The maximum absolute atomic E-state index is 12.5. The second kappa shape index (κ2) is 5.33. The summed E-state index contributed by atoms with van der Waals surface area (Å²) in [6.07, 6.45) is 0.443. The van der Waals surface area contributed by atoms with Crippen LogP contribution in [0.3, 0.4) is 0 Å². The van der Waals surface area contributed by atoms with Crippen molar-refractivity contribution in [2.45, 2.75) is 65.8 Å². The van der Waals surface area contributed by atoms with E-state index in [9.17, 15) is 4.79 Å². The van der Waals surface area contributed by atoms with Gasteiger partial charge in [0.2, 0.25) is 0 Å². The van der Waals surface area contributed by atoms with Crippen LogP contribution in [-0.2, 0) is 16.6 Å². The van der Waals surface area contributed by atoms with Gasteiger partial charge in [-0.3, -0.25) is 4.79 Å². The summed E-state index contributed by atoms with van der Waals surface area (Å²) in [5.74, 6) is 0.188. The first-order valence-corrected chi connectivity index (χ1v) is 7.27. The Balaban J connectivity index is 2.88. The fraction of sp³-hybridized carbons (Fsp3) is 0.611. The number of ketones is 1. The summed E-state index contributed by atoms with van der Waals surface area (Å²) in [5, 5.41) is 0. The van der Waals surface area contributed by atoms with Crippen molar-refractivity contribution in [2.24, 2.45) is 11.1 Å². The average Bonchev–Trinajstić information content (AvgIpc) is 2.26. The van der Waals surface area contributed by atoms with Crippen molar-refractivity contribution in [1.82, 2.24) is 0 Å². The molecule has 0 unspecified atom stereocenters. The molecular formula is C18H29NO. The first kappa shape index (κ1) is 16.9. The fourth-order valence-electron chi connectivity index (χ4n) is 1.89. The van der Waals surface area contributed by atoms with Gasteiger partial charge in [-0.2, -0.15) is 0 Å². The Kier molecular flexibility index (Phi) is 4.50. The molecule has 1 aromatic rings. The molecule has 2 heteroatoms. The molecule has 0 bridgehead atoms. The Bertz CT molecular complexity index is 470. The highest BCUT2D eigenvalue weighted by Crippen LogP contribution is 2.31. The van der Waals surface area contributed by atoms with E-state index in [0.29, 0.717) is 6.42 Å². The summed E-state index contributed by atoms with van der Waals surface area (Å²) < 4.78 is 0. The van der Waals surface area contributed by atoms with Crippen molar-refractivity contribution in [3.8, 4) is 0 Å². The monoisotopic (exact) mass is 275 g/mol. The molecule has 1 rings (SSSR count). The molecule has 1 aromatic carbocycles. The largest absolute Gasteiger partial charge is 0.325 e. The normalized spacial score (nSPS) is 13.4. The Hall–Kier alpha value is -1.15. The summed E-state index contributed by atoms with van der Waals surface area (Å²) in [6, 6.07) is 8.34. The van der Waals surface area contributed by atoms with Crippen LogP contribution >= 0.6 is 0 Å². The molecule has 0 amide bonds. The van der Waals surface area contributed by atoms with Crippen molar-refractivity contribution < 1.29 is 4.79 Å². The van der Waals surface area contributed by atoms with E-state index in [2.05, 4.69) is 45.0 Å². The highest BCUT2D eigenvalue weighted by atomic mass is 16.1. The SMILES string of the molecule is CC(C)(C)c1ccc(CC(=O)C(C)(C)C(C)(C)N)cc1. The van der Waals surface area contributed by atoms with E-state index in [-0.39, 0.29) is 11.2 Å². The first-order chi connectivity index (χ1) is 8.85. The smallest absolute Gasteiger partial charge is 0.144 e. The number of benzene rings is 1. The molecule has 2 nitrogen and oxygen atoms in total. The van der Waals surface area contributed by atoms with E-state index < -0.39 is 11.0 Å². The lowest BCUT2D eigenvalue weighted by Gasteiger charge is -2.37. The molecule has 0 atom stereocenters. The second-order valence-electron chi connectivity index (χ2n) is 7.89. The van der Waals surface area contributed by atoms with Crippen LogP contribution in [0.4, 0.5) is 0 Å². The lowest BCUT2D eigenvalue weighted by atomic mass is 9.70. The number of carbonyl (C=O) groups excluding carboxylic acids is 1. The molecule has 0 aliphatic carbocycles. The first-order valence-electron chi connectivity index (χ1n) is 7.27. The summed E-state index contributed by atoms with van der Waals surface area (Å²) >= 11 is 0. The van der Waals surface area contributed by atoms with Gasteiger partial charge in [0.15, 0.2) is 0 Å². The molecule has 0 saturated carbocycles. The van der Waals surface area contributed by atoms with Crippen molar-refractivity contribution in [3.05, 3.63) is 35.4 Å². The molecule has 0 fully saturated rings. The third-order valence-electron chi connectivity index (χ3n) is 4.49. The van der Waals surface area contributed by atoms with Crippen molar-refractivity contribution in [3.63, 3.8) is 0 Å². The summed E-state index contributed by atoms with van der Waals surface area (Å²) in [5.41, 5.74) is 7.56. The number of carbonyl (C=O) groups is 1. The summed E-state index contributed by atoms with van der Waals surface area (Å²) in [6.45, 7) is 14.2. The van der Waals surface area contributed by atoms with Gasteiger partial charge in [0, 0.05) is 17.4 Å². The number of hydrogen-bond donors (Lipinski definition) is 1. The molecule has 0 radical (unpaired) electrons. The zero-order chi connectivity index (χ0) is 15.8. The van der Waals surface area contributed by atoms with Crippen LogP contribution in [0, 0.1) is 5.41 Å². The van der Waals surface area contributed by atoms with Crippen molar-refractivity contribution in [2.75, 3.05) is 0 Å². The quantitative estimate of drug-likeness (QED) is 0.906. The predicted octanol–water partition coefficient (Wildman–Crippen LogP) is 3.86. The van der Waals surface area contributed by atoms with Crippen LogP contribution in [-0.4, -0.2) is 11.3 Å². The maximum atomic E-state index is 12.5. The Morgan fingerprint density at radius 2 is 1.40 bits per heavy atom. The minimum Gasteiger partial charge on any atom is -0.325 e. The molecule has 0 aliphatic rings. The number of nitrogens with two attached hydrogens (primary N) is 1. The number of hydrogen-bond acceptors (Lipinski definition) is 2. The molecule has 0 heterocycles. The van der Waals surface area contributed by atoms with Gasteiger partial charge in [0.05, 0.1) is 0 Å². The predicted molar refractivity (Wildman–Crippen MR) is 85.9 cm³/mol. The standard InChI is InChI=1S/C18H29NO/c1-16(2,3)14-10-8-13(9-11-14)12-15(20)17(4,5)18(6,7)19/h8-11H,12,19H2,1-7H3. The maximum Gasteiger partial charge on any atom is 0.144 e. The third kappa shape index (κ3) is 3.69. The van der Waals surface area contributed by atoms with Gasteiger partial charge in [0.25, 0.3) is 0 Å². The van der Waals surface area contributed by atoms with E-state index in [1.165, 1.54) is 5.56 Å². The Morgan fingerprint density at radius 1 is 0.950 bits per heavy atom. The molecule has 2 N–H and O–H groups in total. The lowest BCUT2D eigenvalue weighted by Crippen LogP contribution is -2.52. The Labute approximate surface area is 123 Å². The van der Waals surface area contributed by atoms with Crippen LogP contribution in [0.25, 0.3) is 0 Å². The molecule has 0 aromatic heterocycles. The van der Waals surface area contributed by atoms with Crippen LogP contribution in [0.5, 0.6) is 0 Å². The van der Waals surface area contributed by atoms with Crippen LogP contribution < -0.4 is 5.73 Å². The average molecular weight is 275 g/mol. The van der Waals surface area contributed by atoms with E-state index in [0.717, 1.165) is 5.56 Å². The zero-order valence-electron chi connectivity index (χ0n) is 14.0. The van der Waals surface area contributed by atoms with Gasteiger partial charge in [-0.15, -0.1) is 0 Å². The highest BCUT2D eigenvalue weighted by molar-refractivity contribution is 5.87. The zero-order valence-corrected chi connectivity index (χ0v) is 14.0. The second-order valence-corrected chi connectivity index (χ2v) is 7.89. The minimum atomic E-state index is -0.532.